The monoisotopic (exact) mass is 319 g/mol. The highest BCUT2D eigenvalue weighted by atomic mass is 79.9. The maximum atomic E-state index is 6.17. The molecule has 0 saturated carbocycles. The van der Waals surface area contributed by atoms with Gasteiger partial charge in [0.15, 0.2) is 5.65 Å². The van der Waals surface area contributed by atoms with Crippen LogP contribution in [-0.4, -0.2) is 19.2 Å². The van der Waals surface area contributed by atoms with Crippen molar-refractivity contribution in [2.75, 3.05) is 5.73 Å². The van der Waals surface area contributed by atoms with E-state index in [1.54, 1.807) is 6.20 Å². The third-order valence-electron chi connectivity index (χ3n) is 3.04. The van der Waals surface area contributed by atoms with E-state index in [0.29, 0.717) is 11.9 Å². The topological polar surface area (TPSA) is 61.1 Å². The molecule has 0 aliphatic rings. The summed E-state index contributed by atoms with van der Waals surface area (Å²) < 4.78 is 4.68. The summed E-state index contributed by atoms with van der Waals surface area (Å²) in [5.74, 6) is 0.625. The maximum Gasteiger partial charge on any atom is 0.153 e. The van der Waals surface area contributed by atoms with Crippen LogP contribution in [0.25, 0.3) is 16.9 Å². The molecule has 0 aliphatic heterocycles. The van der Waals surface area contributed by atoms with Gasteiger partial charge in [0.05, 0.1) is 10.7 Å². The van der Waals surface area contributed by atoms with Crippen molar-refractivity contribution in [2.45, 2.75) is 19.9 Å². The lowest BCUT2D eigenvalue weighted by Crippen LogP contribution is -1.99. The molecule has 3 aromatic rings. The Bertz CT molecular complexity index is 741. The van der Waals surface area contributed by atoms with Gasteiger partial charge in [0.25, 0.3) is 0 Å². The molecule has 5 nitrogen and oxygen atoms in total. The van der Waals surface area contributed by atoms with Crippen LogP contribution in [0.15, 0.2) is 35.2 Å². The summed E-state index contributed by atoms with van der Waals surface area (Å²) in [7, 11) is 0. The van der Waals surface area contributed by atoms with E-state index >= 15 is 0 Å². The molecule has 0 amide bonds. The quantitative estimate of drug-likeness (QED) is 0.789. The molecule has 2 N–H and O–H groups in total. The zero-order valence-electron chi connectivity index (χ0n) is 10.7. The minimum atomic E-state index is 0.318. The van der Waals surface area contributed by atoms with Crippen molar-refractivity contribution in [3.05, 3.63) is 35.2 Å². The molecule has 0 spiro atoms. The second-order valence-electron chi connectivity index (χ2n) is 4.70. The molecule has 0 aromatic carbocycles. The van der Waals surface area contributed by atoms with Crippen LogP contribution in [-0.2, 0) is 0 Å². The SMILES string of the molecule is CC(C)n1cc(-c2nc3c(Br)cccn3c2N)cn1. The number of pyridine rings is 1. The summed E-state index contributed by atoms with van der Waals surface area (Å²) in [6.07, 6.45) is 5.67. The smallest absolute Gasteiger partial charge is 0.153 e. The van der Waals surface area contributed by atoms with E-state index < -0.39 is 0 Å². The van der Waals surface area contributed by atoms with E-state index in [1.165, 1.54) is 0 Å². The molecule has 0 unspecified atom stereocenters. The van der Waals surface area contributed by atoms with Gasteiger partial charge >= 0.3 is 0 Å². The highest BCUT2D eigenvalue weighted by molar-refractivity contribution is 9.10. The van der Waals surface area contributed by atoms with Crippen molar-refractivity contribution in [3.63, 3.8) is 0 Å². The third kappa shape index (κ3) is 1.92. The number of halogens is 1. The van der Waals surface area contributed by atoms with E-state index in [-0.39, 0.29) is 0 Å². The van der Waals surface area contributed by atoms with Crippen LogP contribution in [0.4, 0.5) is 5.82 Å². The fourth-order valence-electron chi connectivity index (χ4n) is 2.01. The molecule has 3 heterocycles. The van der Waals surface area contributed by atoms with E-state index in [2.05, 4.69) is 39.9 Å². The maximum absolute atomic E-state index is 6.17. The first-order valence-corrected chi connectivity index (χ1v) is 6.84. The molecule has 0 bridgehead atoms. The Kier molecular flexibility index (Phi) is 2.82. The molecule has 19 heavy (non-hydrogen) atoms. The number of hydrogen-bond acceptors (Lipinski definition) is 3. The molecular weight excluding hydrogens is 306 g/mol. The zero-order chi connectivity index (χ0) is 13.6. The van der Waals surface area contributed by atoms with Gasteiger partial charge in [0, 0.05) is 24.0 Å². The van der Waals surface area contributed by atoms with Gasteiger partial charge in [-0.15, -0.1) is 0 Å². The molecule has 0 atom stereocenters. The number of imidazole rings is 1. The van der Waals surface area contributed by atoms with Gasteiger partial charge < -0.3 is 5.73 Å². The molecule has 6 heteroatoms. The molecule has 0 aliphatic carbocycles. The van der Waals surface area contributed by atoms with Crippen LogP contribution < -0.4 is 5.73 Å². The lowest BCUT2D eigenvalue weighted by Gasteiger charge is -2.02. The van der Waals surface area contributed by atoms with Crippen LogP contribution >= 0.6 is 15.9 Å². The first-order chi connectivity index (χ1) is 9.08. The predicted molar refractivity (Wildman–Crippen MR) is 78.9 cm³/mol. The van der Waals surface area contributed by atoms with E-state index in [4.69, 9.17) is 5.73 Å². The number of rotatable bonds is 2. The molecule has 0 saturated heterocycles. The Morgan fingerprint density at radius 2 is 2.16 bits per heavy atom. The van der Waals surface area contributed by atoms with Gasteiger partial charge in [-0.25, -0.2) is 4.98 Å². The molecule has 3 aromatic heterocycles. The zero-order valence-corrected chi connectivity index (χ0v) is 12.3. The average molecular weight is 320 g/mol. The minimum absolute atomic E-state index is 0.318. The van der Waals surface area contributed by atoms with E-state index in [9.17, 15) is 0 Å². The number of fused-ring (bicyclic) bond motifs is 1. The summed E-state index contributed by atoms with van der Waals surface area (Å²) in [5.41, 5.74) is 8.68. The molecular formula is C13H14BrN5. The van der Waals surface area contributed by atoms with Gasteiger partial charge in [-0.2, -0.15) is 5.10 Å². The fourth-order valence-corrected chi connectivity index (χ4v) is 2.44. The standard InChI is InChI=1S/C13H14BrN5/c1-8(2)19-7-9(6-16-19)11-12(15)18-5-3-4-10(14)13(18)17-11/h3-8H,15H2,1-2H3. The Morgan fingerprint density at radius 3 is 2.79 bits per heavy atom. The molecule has 98 valence electrons. The average Bonchev–Trinajstić information content (AvgIpc) is 2.96. The molecule has 0 radical (unpaired) electrons. The van der Waals surface area contributed by atoms with Crippen molar-refractivity contribution in [1.82, 2.24) is 19.2 Å². The van der Waals surface area contributed by atoms with E-state index in [1.807, 2.05) is 33.6 Å². The second kappa shape index (κ2) is 4.38. The number of aromatic nitrogens is 4. The van der Waals surface area contributed by atoms with Crippen molar-refractivity contribution in [1.29, 1.82) is 0 Å². The summed E-state index contributed by atoms with van der Waals surface area (Å²) >= 11 is 3.49. The Hall–Kier alpha value is -1.82. The lowest BCUT2D eigenvalue weighted by atomic mass is 10.2. The highest BCUT2D eigenvalue weighted by Gasteiger charge is 2.14. The first kappa shape index (κ1) is 12.2. The number of anilines is 1. The largest absolute Gasteiger partial charge is 0.383 e. The van der Waals surface area contributed by atoms with Crippen LogP contribution in [0, 0.1) is 0 Å². The summed E-state index contributed by atoms with van der Waals surface area (Å²) in [4.78, 5) is 4.59. The number of nitrogen functional groups attached to an aromatic ring is 1. The van der Waals surface area contributed by atoms with Gasteiger partial charge in [0.1, 0.15) is 11.5 Å². The molecule has 3 rings (SSSR count). The normalized spacial score (nSPS) is 11.6. The Balaban J connectivity index is 2.19. The van der Waals surface area contributed by atoms with E-state index in [0.717, 1.165) is 21.4 Å². The van der Waals surface area contributed by atoms with Crippen molar-refractivity contribution >= 4 is 27.4 Å². The van der Waals surface area contributed by atoms with Crippen LogP contribution in [0.3, 0.4) is 0 Å². The van der Waals surface area contributed by atoms with Gasteiger partial charge in [-0.05, 0) is 41.9 Å². The second-order valence-corrected chi connectivity index (χ2v) is 5.55. The third-order valence-corrected chi connectivity index (χ3v) is 3.66. The summed E-state index contributed by atoms with van der Waals surface area (Å²) in [6, 6.07) is 4.19. The van der Waals surface area contributed by atoms with Gasteiger partial charge in [-0.3, -0.25) is 9.08 Å². The van der Waals surface area contributed by atoms with Crippen molar-refractivity contribution < 1.29 is 0 Å². The fraction of sp³-hybridized carbons (Fsp3) is 0.231. The number of nitrogens with two attached hydrogens (primary N) is 1. The predicted octanol–water partition coefficient (Wildman–Crippen LogP) is 3.12. The van der Waals surface area contributed by atoms with Crippen LogP contribution in [0.2, 0.25) is 0 Å². The van der Waals surface area contributed by atoms with Crippen molar-refractivity contribution in [2.24, 2.45) is 0 Å². The highest BCUT2D eigenvalue weighted by Crippen LogP contribution is 2.29. The summed E-state index contributed by atoms with van der Waals surface area (Å²) in [6.45, 7) is 4.17. The van der Waals surface area contributed by atoms with Gasteiger partial charge in [-0.1, -0.05) is 0 Å². The first-order valence-electron chi connectivity index (χ1n) is 6.04. The molecule has 0 fully saturated rings. The van der Waals surface area contributed by atoms with Crippen LogP contribution in [0.5, 0.6) is 0 Å². The Labute approximate surface area is 119 Å². The van der Waals surface area contributed by atoms with Gasteiger partial charge in [0.2, 0.25) is 0 Å². The number of hydrogen-bond donors (Lipinski definition) is 1. The number of nitrogens with zero attached hydrogens (tertiary/aromatic N) is 4. The minimum Gasteiger partial charge on any atom is -0.383 e. The summed E-state index contributed by atoms with van der Waals surface area (Å²) in [5, 5.41) is 4.33. The lowest BCUT2D eigenvalue weighted by molar-refractivity contribution is 0.532. The Morgan fingerprint density at radius 1 is 1.37 bits per heavy atom. The van der Waals surface area contributed by atoms with Crippen molar-refractivity contribution in [3.8, 4) is 11.3 Å². The van der Waals surface area contributed by atoms with Crippen LogP contribution in [0.1, 0.15) is 19.9 Å².